The summed E-state index contributed by atoms with van der Waals surface area (Å²) in [6, 6.07) is 7.74. The van der Waals surface area contributed by atoms with Crippen LogP contribution in [0.3, 0.4) is 0 Å². The van der Waals surface area contributed by atoms with Crippen molar-refractivity contribution in [1.82, 2.24) is 4.98 Å². The van der Waals surface area contributed by atoms with Gasteiger partial charge in [-0.15, -0.1) is 0 Å². The van der Waals surface area contributed by atoms with Crippen LogP contribution < -0.4 is 0 Å². The van der Waals surface area contributed by atoms with Gasteiger partial charge in [0, 0.05) is 24.0 Å². The lowest BCUT2D eigenvalue weighted by molar-refractivity contribution is -0.385. The van der Waals surface area contributed by atoms with E-state index in [0.717, 1.165) is 0 Å². The number of nitro benzene ring substituents is 1. The highest BCUT2D eigenvalue weighted by Crippen LogP contribution is 2.19. The first-order valence-electron chi connectivity index (χ1n) is 5.89. The zero-order chi connectivity index (χ0) is 14.5. The van der Waals surface area contributed by atoms with Gasteiger partial charge in [0.05, 0.1) is 10.5 Å². The molecule has 0 fully saturated rings. The Kier molecular flexibility index (Phi) is 4.05. The fourth-order valence-corrected chi connectivity index (χ4v) is 1.73. The van der Waals surface area contributed by atoms with Gasteiger partial charge in [-0.25, -0.2) is 4.79 Å². The van der Waals surface area contributed by atoms with Crippen molar-refractivity contribution < 1.29 is 14.5 Å². The summed E-state index contributed by atoms with van der Waals surface area (Å²) in [5.74, 6) is -0.455. The molecule has 6 heteroatoms. The van der Waals surface area contributed by atoms with E-state index in [1.807, 2.05) is 0 Å². The second-order valence-corrected chi connectivity index (χ2v) is 4.19. The third-order valence-electron chi connectivity index (χ3n) is 2.74. The molecule has 1 heterocycles. The molecule has 1 aromatic heterocycles. The molecule has 2 rings (SSSR count). The number of esters is 1. The van der Waals surface area contributed by atoms with Crippen LogP contribution in [0, 0.1) is 17.0 Å². The summed E-state index contributed by atoms with van der Waals surface area (Å²) in [6.07, 6.45) is 3.01. The molecular formula is C14H12N2O4. The first-order chi connectivity index (χ1) is 9.58. The van der Waals surface area contributed by atoms with Gasteiger partial charge in [-0.1, -0.05) is 0 Å². The molecule has 0 spiro atoms. The number of hydrogen-bond donors (Lipinski definition) is 0. The topological polar surface area (TPSA) is 82.3 Å². The van der Waals surface area contributed by atoms with Crippen molar-refractivity contribution in [2.24, 2.45) is 0 Å². The fraction of sp³-hybridized carbons (Fsp3) is 0.143. The highest BCUT2D eigenvalue weighted by atomic mass is 16.6. The molecule has 0 amide bonds. The number of carbonyl (C=O) groups is 1. The van der Waals surface area contributed by atoms with Crippen LogP contribution in [-0.2, 0) is 11.3 Å². The van der Waals surface area contributed by atoms with Crippen LogP contribution >= 0.6 is 0 Å². The third-order valence-corrected chi connectivity index (χ3v) is 2.74. The van der Waals surface area contributed by atoms with Gasteiger partial charge in [-0.05, 0) is 36.8 Å². The van der Waals surface area contributed by atoms with Crippen LogP contribution in [0.15, 0.2) is 42.7 Å². The summed E-state index contributed by atoms with van der Waals surface area (Å²) in [5.41, 5.74) is 1.70. The van der Waals surface area contributed by atoms with E-state index in [9.17, 15) is 14.9 Å². The van der Waals surface area contributed by atoms with E-state index in [1.165, 1.54) is 18.5 Å². The Morgan fingerprint density at radius 2 is 2.00 bits per heavy atom. The summed E-state index contributed by atoms with van der Waals surface area (Å²) in [6.45, 7) is 1.71. The number of carbonyl (C=O) groups excluding carboxylic acids is 1. The van der Waals surface area contributed by atoms with Gasteiger partial charge in [-0.2, -0.15) is 0 Å². The number of rotatable bonds is 4. The summed E-state index contributed by atoms with van der Waals surface area (Å²) in [7, 11) is 0. The first kappa shape index (κ1) is 13.7. The minimum absolute atomic E-state index is 0.0502. The molecule has 0 saturated carbocycles. The standard InChI is InChI=1S/C14H12N2O4/c1-10-8-11(2-3-13(10)16(18)19)9-20-14(17)12-4-6-15-7-5-12/h2-8H,9H2,1H3. The van der Waals surface area contributed by atoms with Crippen LogP contribution in [0.4, 0.5) is 5.69 Å². The number of pyridine rings is 1. The lowest BCUT2D eigenvalue weighted by Crippen LogP contribution is -2.05. The van der Waals surface area contributed by atoms with Gasteiger partial charge in [0.2, 0.25) is 0 Å². The van der Waals surface area contributed by atoms with Gasteiger partial charge in [0.25, 0.3) is 5.69 Å². The summed E-state index contributed by atoms with van der Waals surface area (Å²) in [4.78, 5) is 25.8. The van der Waals surface area contributed by atoms with Crippen molar-refractivity contribution >= 4 is 11.7 Å². The first-order valence-corrected chi connectivity index (χ1v) is 5.89. The molecule has 0 saturated heterocycles. The van der Waals surface area contributed by atoms with Crippen molar-refractivity contribution in [2.75, 3.05) is 0 Å². The Balaban J connectivity index is 2.03. The van der Waals surface area contributed by atoms with Gasteiger partial charge >= 0.3 is 5.97 Å². The number of ether oxygens (including phenoxy) is 1. The average Bonchev–Trinajstić information content (AvgIpc) is 2.45. The zero-order valence-electron chi connectivity index (χ0n) is 10.8. The van der Waals surface area contributed by atoms with Crippen molar-refractivity contribution in [3.63, 3.8) is 0 Å². The van der Waals surface area contributed by atoms with E-state index in [1.54, 1.807) is 31.2 Å². The fourth-order valence-electron chi connectivity index (χ4n) is 1.73. The predicted octanol–water partition coefficient (Wildman–Crippen LogP) is 2.66. The maximum atomic E-state index is 11.7. The Bertz CT molecular complexity index is 641. The molecule has 0 N–H and O–H groups in total. The third kappa shape index (κ3) is 3.17. The Labute approximate surface area is 115 Å². The molecule has 0 aliphatic rings. The molecule has 102 valence electrons. The van der Waals surface area contributed by atoms with Crippen LogP contribution in [-0.4, -0.2) is 15.9 Å². The molecule has 1 aromatic carbocycles. The molecular weight excluding hydrogens is 260 g/mol. The smallest absolute Gasteiger partial charge is 0.338 e. The Morgan fingerprint density at radius 3 is 2.60 bits per heavy atom. The van der Waals surface area contributed by atoms with E-state index >= 15 is 0 Å². The number of nitrogens with zero attached hydrogens (tertiary/aromatic N) is 2. The highest BCUT2D eigenvalue weighted by Gasteiger charge is 2.11. The number of benzene rings is 1. The molecule has 2 aromatic rings. The number of nitro groups is 1. The number of aryl methyl sites for hydroxylation is 1. The van der Waals surface area contributed by atoms with E-state index in [4.69, 9.17) is 4.74 Å². The van der Waals surface area contributed by atoms with Crippen LogP contribution in [0.25, 0.3) is 0 Å². The van der Waals surface area contributed by atoms with Gasteiger partial charge < -0.3 is 4.74 Å². The van der Waals surface area contributed by atoms with Gasteiger partial charge in [0.1, 0.15) is 6.61 Å². The maximum Gasteiger partial charge on any atom is 0.338 e. The van der Waals surface area contributed by atoms with Crippen LogP contribution in [0.2, 0.25) is 0 Å². The Morgan fingerprint density at radius 1 is 1.30 bits per heavy atom. The van der Waals surface area contributed by atoms with Crippen LogP contribution in [0.5, 0.6) is 0 Å². The SMILES string of the molecule is Cc1cc(COC(=O)c2ccncc2)ccc1[N+](=O)[O-]. The number of hydrogen-bond acceptors (Lipinski definition) is 5. The zero-order valence-corrected chi connectivity index (χ0v) is 10.8. The summed E-state index contributed by atoms with van der Waals surface area (Å²) >= 11 is 0. The van der Waals surface area contributed by atoms with Crippen LogP contribution in [0.1, 0.15) is 21.5 Å². The van der Waals surface area contributed by atoms with Crippen molar-refractivity contribution in [1.29, 1.82) is 0 Å². The summed E-state index contributed by atoms with van der Waals surface area (Å²) in [5, 5.41) is 10.7. The van der Waals surface area contributed by atoms with Crippen molar-refractivity contribution in [3.05, 3.63) is 69.5 Å². The molecule has 0 aliphatic carbocycles. The normalized spacial score (nSPS) is 10.1. The maximum absolute atomic E-state index is 11.7. The largest absolute Gasteiger partial charge is 0.457 e. The lowest BCUT2D eigenvalue weighted by atomic mass is 10.1. The molecule has 0 atom stereocenters. The molecule has 0 unspecified atom stereocenters. The molecule has 20 heavy (non-hydrogen) atoms. The van der Waals surface area contributed by atoms with E-state index in [2.05, 4.69) is 4.98 Å². The quantitative estimate of drug-likeness (QED) is 0.485. The van der Waals surface area contributed by atoms with Gasteiger partial charge in [-0.3, -0.25) is 15.1 Å². The molecule has 0 radical (unpaired) electrons. The second kappa shape index (κ2) is 5.92. The predicted molar refractivity (Wildman–Crippen MR) is 71.2 cm³/mol. The Hall–Kier alpha value is -2.76. The van der Waals surface area contributed by atoms with Crippen molar-refractivity contribution in [2.45, 2.75) is 13.5 Å². The second-order valence-electron chi connectivity index (χ2n) is 4.19. The highest BCUT2D eigenvalue weighted by molar-refractivity contribution is 5.89. The molecule has 0 aliphatic heterocycles. The van der Waals surface area contributed by atoms with E-state index in [0.29, 0.717) is 16.7 Å². The average molecular weight is 272 g/mol. The van der Waals surface area contributed by atoms with Gasteiger partial charge in [0.15, 0.2) is 0 Å². The number of aromatic nitrogens is 1. The lowest BCUT2D eigenvalue weighted by Gasteiger charge is -2.06. The minimum atomic E-state index is -0.455. The molecule has 6 nitrogen and oxygen atoms in total. The molecule has 0 bridgehead atoms. The van der Waals surface area contributed by atoms with Crippen molar-refractivity contribution in [3.8, 4) is 0 Å². The monoisotopic (exact) mass is 272 g/mol. The van der Waals surface area contributed by atoms with E-state index in [-0.39, 0.29) is 12.3 Å². The minimum Gasteiger partial charge on any atom is -0.457 e. The summed E-state index contributed by atoms with van der Waals surface area (Å²) < 4.78 is 5.13. The van der Waals surface area contributed by atoms with E-state index < -0.39 is 10.9 Å².